The van der Waals surface area contributed by atoms with Gasteiger partial charge in [0.15, 0.2) is 5.82 Å². The lowest BCUT2D eigenvalue weighted by molar-refractivity contribution is -0.132. The van der Waals surface area contributed by atoms with Gasteiger partial charge in [-0.1, -0.05) is 5.16 Å². The number of likely N-dealkylation sites (tertiary alicyclic amines) is 1. The van der Waals surface area contributed by atoms with Crippen molar-refractivity contribution in [3.05, 3.63) is 29.2 Å². The molecule has 142 valence electrons. The van der Waals surface area contributed by atoms with Gasteiger partial charge in [0.1, 0.15) is 6.54 Å². The van der Waals surface area contributed by atoms with E-state index in [1.165, 1.54) is 0 Å². The van der Waals surface area contributed by atoms with E-state index < -0.39 is 0 Å². The van der Waals surface area contributed by atoms with Crippen molar-refractivity contribution in [2.75, 3.05) is 20.1 Å². The molecule has 8 nitrogen and oxygen atoms in total. The van der Waals surface area contributed by atoms with Gasteiger partial charge >= 0.3 is 0 Å². The molecule has 3 rings (SSSR count). The maximum Gasteiger partial charge on any atom is 0.244 e. The molecular weight excluding hydrogens is 332 g/mol. The highest BCUT2D eigenvalue weighted by Crippen LogP contribution is 2.18. The molecule has 1 saturated heterocycles. The Labute approximate surface area is 154 Å². The smallest absolute Gasteiger partial charge is 0.244 e. The Morgan fingerprint density at radius 2 is 2.12 bits per heavy atom. The van der Waals surface area contributed by atoms with Crippen LogP contribution in [-0.2, 0) is 17.9 Å². The molecule has 2 aromatic rings. The predicted molar refractivity (Wildman–Crippen MR) is 96.4 cm³/mol. The van der Waals surface area contributed by atoms with Gasteiger partial charge in [0.05, 0.1) is 12.2 Å². The van der Waals surface area contributed by atoms with E-state index in [1.54, 1.807) is 11.6 Å². The molecule has 8 heteroatoms. The van der Waals surface area contributed by atoms with Gasteiger partial charge in [-0.05, 0) is 46.2 Å². The maximum absolute atomic E-state index is 12.7. The summed E-state index contributed by atoms with van der Waals surface area (Å²) in [6.45, 7) is 8.31. The number of aromatic nitrogens is 4. The van der Waals surface area contributed by atoms with E-state index in [-0.39, 0.29) is 5.91 Å². The number of hydrogen-bond acceptors (Lipinski definition) is 6. The van der Waals surface area contributed by atoms with E-state index in [0.29, 0.717) is 30.8 Å². The fraction of sp³-hybridized carbons (Fsp3) is 0.667. The Morgan fingerprint density at radius 1 is 1.31 bits per heavy atom. The molecule has 1 amide bonds. The minimum atomic E-state index is 0.147. The van der Waals surface area contributed by atoms with Gasteiger partial charge in [0.25, 0.3) is 0 Å². The lowest BCUT2D eigenvalue weighted by Gasteiger charge is -2.26. The van der Waals surface area contributed by atoms with Gasteiger partial charge in [0.2, 0.25) is 11.8 Å². The molecule has 0 spiro atoms. The maximum atomic E-state index is 12.7. The number of hydrogen-bond donors (Lipinski definition) is 0. The van der Waals surface area contributed by atoms with Crippen LogP contribution in [0.1, 0.15) is 42.4 Å². The summed E-state index contributed by atoms with van der Waals surface area (Å²) >= 11 is 0. The topological polar surface area (TPSA) is 80.3 Å². The van der Waals surface area contributed by atoms with Crippen LogP contribution in [0.15, 0.2) is 10.6 Å². The van der Waals surface area contributed by atoms with Crippen molar-refractivity contribution in [3.8, 4) is 0 Å². The summed E-state index contributed by atoms with van der Waals surface area (Å²) in [5, 5.41) is 8.37. The van der Waals surface area contributed by atoms with Crippen molar-refractivity contribution < 1.29 is 9.32 Å². The molecule has 1 fully saturated rings. The van der Waals surface area contributed by atoms with Crippen LogP contribution in [0, 0.1) is 20.8 Å². The van der Waals surface area contributed by atoms with Crippen molar-refractivity contribution in [2.24, 2.45) is 0 Å². The van der Waals surface area contributed by atoms with Crippen LogP contribution < -0.4 is 0 Å². The molecule has 0 N–H and O–H groups in total. The Morgan fingerprint density at radius 3 is 2.77 bits per heavy atom. The largest absolute Gasteiger partial charge is 0.341 e. The van der Waals surface area contributed by atoms with Crippen molar-refractivity contribution >= 4 is 5.91 Å². The van der Waals surface area contributed by atoms with E-state index in [0.717, 1.165) is 43.7 Å². The molecule has 0 saturated carbocycles. The third-order valence-electron chi connectivity index (χ3n) is 5.02. The van der Waals surface area contributed by atoms with Crippen molar-refractivity contribution in [1.82, 2.24) is 29.7 Å². The van der Waals surface area contributed by atoms with Crippen LogP contribution in [-0.4, -0.2) is 61.8 Å². The molecule has 1 aliphatic heterocycles. The summed E-state index contributed by atoms with van der Waals surface area (Å²) < 4.78 is 6.84. The van der Waals surface area contributed by atoms with Crippen molar-refractivity contribution in [1.29, 1.82) is 0 Å². The zero-order chi connectivity index (χ0) is 18.7. The fourth-order valence-corrected chi connectivity index (χ4v) is 3.59. The zero-order valence-electron chi connectivity index (χ0n) is 16.1. The Hall–Kier alpha value is -2.22. The van der Waals surface area contributed by atoms with E-state index in [2.05, 4.69) is 27.2 Å². The van der Waals surface area contributed by atoms with Crippen molar-refractivity contribution in [2.45, 2.75) is 59.2 Å². The minimum Gasteiger partial charge on any atom is -0.341 e. The minimum absolute atomic E-state index is 0.147. The normalized spacial score (nSPS) is 18.3. The second-order valence-corrected chi connectivity index (χ2v) is 7.20. The van der Waals surface area contributed by atoms with Crippen LogP contribution in [0.5, 0.6) is 0 Å². The number of nitrogens with zero attached hydrogens (tertiary/aromatic N) is 6. The summed E-state index contributed by atoms with van der Waals surface area (Å²) in [6, 6.07) is 2.42. The molecule has 0 radical (unpaired) electrons. The third-order valence-corrected chi connectivity index (χ3v) is 5.02. The first-order valence-electron chi connectivity index (χ1n) is 9.20. The molecule has 1 aliphatic rings. The Bertz CT molecular complexity index is 753. The SMILES string of the molecule is Cc1cc(C)n(CC(=O)N2CCC[C@@H](N(C)Cc3noc(C)n3)CC2)n1. The summed E-state index contributed by atoms with van der Waals surface area (Å²) in [5.41, 5.74) is 1.98. The highest BCUT2D eigenvalue weighted by Gasteiger charge is 2.24. The van der Waals surface area contributed by atoms with E-state index in [9.17, 15) is 4.79 Å². The van der Waals surface area contributed by atoms with Crippen LogP contribution >= 0.6 is 0 Å². The van der Waals surface area contributed by atoms with E-state index in [4.69, 9.17) is 4.52 Å². The number of amides is 1. The van der Waals surface area contributed by atoms with Gasteiger partial charge in [-0.25, -0.2) is 0 Å². The lowest BCUT2D eigenvalue weighted by Crippen LogP contribution is -2.36. The van der Waals surface area contributed by atoms with Crippen molar-refractivity contribution in [3.63, 3.8) is 0 Å². The molecule has 0 aliphatic carbocycles. The Kier molecular flexibility index (Phi) is 5.70. The summed E-state index contributed by atoms with van der Waals surface area (Å²) in [6.07, 6.45) is 3.02. The Balaban J connectivity index is 1.53. The first kappa shape index (κ1) is 18.6. The molecule has 2 aromatic heterocycles. The van der Waals surface area contributed by atoms with Gasteiger partial charge < -0.3 is 9.42 Å². The summed E-state index contributed by atoms with van der Waals surface area (Å²) in [5.74, 6) is 1.45. The summed E-state index contributed by atoms with van der Waals surface area (Å²) in [4.78, 5) is 21.2. The van der Waals surface area contributed by atoms with Crippen LogP contribution in [0.3, 0.4) is 0 Å². The molecule has 0 unspecified atom stereocenters. The molecule has 1 atom stereocenters. The summed E-state index contributed by atoms with van der Waals surface area (Å²) in [7, 11) is 2.09. The van der Waals surface area contributed by atoms with Crippen LogP contribution in [0.25, 0.3) is 0 Å². The highest BCUT2D eigenvalue weighted by atomic mass is 16.5. The average Bonchev–Trinajstić information content (AvgIpc) is 3.02. The van der Waals surface area contributed by atoms with Gasteiger partial charge in [-0.2, -0.15) is 10.1 Å². The second-order valence-electron chi connectivity index (χ2n) is 7.20. The van der Waals surface area contributed by atoms with Crippen LogP contribution in [0.4, 0.5) is 0 Å². The predicted octanol–water partition coefficient (Wildman–Crippen LogP) is 1.70. The average molecular weight is 360 g/mol. The monoisotopic (exact) mass is 360 g/mol. The van der Waals surface area contributed by atoms with Crippen LogP contribution in [0.2, 0.25) is 0 Å². The molecular formula is C18H28N6O2. The first-order chi connectivity index (χ1) is 12.4. The fourth-order valence-electron chi connectivity index (χ4n) is 3.59. The molecule has 0 aromatic carbocycles. The first-order valence-corrected chi connectivity index (χ1v) is 9.20. The third kappa shape index (κ3) is 4.49. The van der Waals surface area contributed by atoms with Gasteiger partial charge in [0, 0.05) is 31.7 Å². The molecule has 3 heterocycles. The second kappa shape index (κ2) is 7.99. The number of carbonyl (C=O) groups is 1. The number of rotatable bonds is 5. The quantitative estimate of drug-likeness (QED) is 0.807. The van der Waals surface area contributed by atoms with E-state index >= 15 is 0 Å². The van der Waals surface area contributed by atoms with Gasteiger partial charge in [-0.15, -0.1) is 0 Å². The highest BCUT2D eigenvalue weighted by molar-refractivity contribution is 5.76. The zero-order valence-corrected chi connectivity index (χ0v) is 16.1. The van der Waals surface area contributed by atoms with E-state index in [1.807, 2.05) is 24.8 Å². The molecule has 26 heavy (non-hydrogen) atoms. The molecule has 0 bridgehead atoms. The lowest BCUT2D eigenvalue weighted by atomic mass is 10.1. The standard InChI is InChI=1S/C18H28N6O2/c1-13-10-14(2)24(20-13)12-18(25)23-8-5-6-16(7-9-23)22(4)11-17-19-15(3)26-21-17/h10,16H,5-9,11-12H2,1-4H3/t16-/m1/s1. The number of aryl methyl sites for hydroxylation is 3. The number of carbonyl (C=O) groups excluding carboxylic acids is 1. The van der Waals surface area contributed by atoms with Gasteiger partial charge in [-0.3, -0.25) is 14.4 Å².